The normalized spacial score (nSPS) is 19.5. The summed E-state index contributed by atoms with van der Waals surface area (Å²) in [6.07, 6.45) is 4.95. The third-order valence-corrected chi connectivity index (χ3v) is 2.90. The van der Waals surface area contributed by atoms with Gasteiger partial charge in [0.15, 0.2) is 0 Å². The molecule has 0 radical (unpaired) electrons. The minimum absolute atomic E-state index is 0.229. The first-order valence-corrected chi connectivity index (χ1v) is 5.35. The lowest BCUT2D eigenvalue weighted by Crippen LogP contribution is -2.24. The highest BCUT2D eigenvalue weighted by Crippen LogP contribution is 2.29. The first-order chi connectivity index (χ1) is 6.70. The Balaban J connectivity index is 2.02. The molecule has 1 aliphatic carbocycles. The molecule has 0 aromatic rings. The molecule has 0 aromatic carbocycles. The van der Waals surface area contributed by atoms with Crippen LogP contribution in [-0.4, -0.2) is 29.0 Å². The van der Waals surface area contributed by atoms with Gasteiger partial charge < -0.3 is 15.5 Å². The second kappa shape index (κ2) is 5.86. The van der Waals surface area contributed by atoms with Crippen LogP contribution in [0, 0.1) is 5.92 Å². The van der Waals surface area contributed by atoms with Crippen LogP contribution in [0.2, 0.25) is 0 Å². The van der Waals surface area contributed by atoms with E-state index in [1.54, 1.807) is 0 Å². The van der Waals surface area contributed by atoms with Gasteiger partial charge in [-0.2, -0.15) is 0 Å². The van der Waals surface area contributed by atoms with E-state index in [4.69, 9.17) is 5.11 Å². The molecule has 1 amide bonds. The van der Waals surface area contributed by atoms with Crippen molar-refractivity contribution in [3.05, 3.63) is 0 Å². The molecule has 0 saturated heterocycles. The van der Waals surface area contributed by atoms with E-state index in [9.17, 15) is 9.90 Å². The van der Waals surface area contributed by atoms with Crippen LogP contribution in [0.3, 0.4) is 0 Å². The number of carboxylic acid groups (broad SMARTS) is 1. The lowest BCUT2D eigenvalue weighted by molar-refractivity contribution is 0.0995. The van der Waals surface area contributed by atoms with Gasteiger partial charge >= 0.3 is 6.09 Å². The monoisotopic (exact) mass is 201 g/mol. The summed E-state index contributed by atoms with van der Waals surface area (Å²) in [5.41, 5.74) is 0. The summed E-state index contributed by atoms with van der Waals surface area (Å²) in [5.74, 6) is 0.458. The van der Waals surface area contributed by atoms with E-state index in [1.165, 1.54) is 12.8 Å². The van der Waals surface area contributed by atoms with Gasteiger partial charge in [-0.3, -0.25) is 0 Å². The van der Waals surface area contributed by atoms with Crippen molar-refractivity contribution >= 4 is 6.09 Å². The Labute approximate surface area is 84.3 Å². The maximum Gasteiger partial charge on any atom is 0.404 e. The van der Waals surface area contributed by atoms with Crippen LogP contribution < -0.4 is 5.32 Å². The van der Waals surface area contributed by atoms with Crippen molar-refractivity contribution in [2.75, 3.05) is 6.54 Å². The third kappa shape index (κ3) is 3.96. The van der Waals surface area contributed by atoms with Crippen LogP contribution >= 0.6 is 0 Å². The van der Waals surface area contributed by atoms with E-state index in [0.717, 1.165) is 19.3 Å². The predicted molar refractivity (Wildman–Crippen MR) is 53.2 cm³/mol. The van der Waals surface area contributed by atoms with Gasteiger partial charge in [-0.25, -0.2) is 4.79 Å². The number of hydrogen-bond acceptors (Lipinski definition) is 2. The minimum Gasteiger partial charge on any atom is -0.465 e. The van der Waals surface area contributed by atoms with Gasteiger partial charge in [0, 0.05) is 6.54 Å². The number of hydrogen-bond donors (Lipinski definition) is 3. The van der Waals surface area contributed by atoms with Gasteiger partial charge in [0.05, 0.1) is 6.10 Å². The van der Waals surface area contributed by atoms with Crippen LogP contribution in [0.5, 0.6) is 0 Å². The van der Waals surface area contributed by atoms with Crippen molar-refractivity contribution in [1.82, 2.24) is 5.32 Å². The molecule has 82 valence electrons. The summed E-state index contributed by atoms with van der Waals surface area (Å²) >= 11 is 0. The molecule has 1 atom stereocenters. The molecule has 1 aliphatic rings. The maximum absolute atomic E-state index is 10.1. The molecule has 0 spiro atoms. The second-order valence-electron chi connectivity index (χ2n) is 3.99. The van der Waals surface area contributed by atoms with E-state index in [2.05, 4.69) is 5.32 Å². The van der Waals surface area contributed by atoms with E-state index < -0.39 is 6.09 Å². The number of nitrogens with one attached hydrogen (secondary N) is 1. The number of rotatable bonds is 5. The zero-order valence-electron chi connectivity index (χ0n) is 8.41. The standard InChI is InChI=1S/C10H19NO3/c12-9(8-4-1-2-5-8)6-3-7-11-10(13)14/h8-9,11-12H,1-7H2,(H,13,14). The van der Waals surface area contributed by atoms with Crippen molar-refractivity contribution in [1.29, 1.82) is 0 Å². The smallest absolute Gasteiger partial charge is 0.404 e. The summed E-state index contributed by atoms with van der Waals surface area (Å²) in [5, 5.41) is 20.4. The Morgan fingerprint density at radius 3 is 2.64 bits per heavy atom. The number of amides is 1. The van der Waals surface area contributed by atoms with Crippen molar-refractivity contribution in [3.8, 4) is 0 Å². The first-order valence-electron chi connectivity index (χ1n) is 5.35. The molecule has 14 heavy (non-hydrogen) atoms. The highest BCUT2D eigenvalue weighted by molar-refractivity contribution is 5.64. The summed E-state index contributed by atoms with van der Waals surface area (Å²) in [7, 11) is 0. The van der Waals surface area contributed by atoms with Gasteiger partial charge in [0.25, 0.3) is 0 Å². The number of aliphatic hydroxyl groups is 1. The van der Waals surface area contributed by atoms with E-state index in [0.29, 0.717) is 18.9 Å². The zero-order valence-corrected chi connectivity index (χ0v) is 8.41. The van der Waals surface area contributed by atoms with Gasteiger partial charge in [-0.15, -0.1) is 0 Å². The molecule has 4 nitrogen and oxygen atoms in total. The fraction of sp³-hybridized carbons (Fsp3) is 0.900. The number of aliphatic hydroxyl groups excluding tert-OH is 1. The average molecular weight is 201 g/mol. The molecule has 0 aliphatic heterocycles. The Kier molecular flexibility index (Phi) is 4.73. The van der Waals surface area contributed by atoms with Crippen LogP contribution in [0.4, 0.5) is 4.79 Å². The minimum atomic E-state index is -0.986. The zero-order chi connectivity index (χ0) is 10.4. The predicted octanol–water partition coefficient (Wildman–Crippen LogP) is 1.59. The van der Waals surface area contributed by atoms with Crippen LogP contribution in [0.25, 0.3) is 0 Å². The molecule has 1 rings (SSSR count). The lowest BCUT2D eigenvalue weighted by atomic mass is 9.97. The molecule has 1 fully saturated rings. The van der Waals surface area contributed by atoms with Gasteiger partial charge in [0.1, 0.15) is 0 Å². The molecule has 4 heteroatoms. The number of carbonyl (C=O) groups is 1. The summed E-state index contributed by atoms with van der Waals surface area (Å²) in [4.78, 5) is 10.1. The summed E-state index contributed by atoms with van der Waals surface area (Å²) in [6, 6.07) is 0. The summed E-state index contributed by atoms with van der Waals surface area (Å²) in [6.45, 7) is 0.444. The molecule has 1 unspecified atom stereocenters. The first kappa shape index (κ1) is 11.3. The molecule has 0 aromatic heterocycles. The van der Waals surface area contributed by atoms with Crippen molar-refractivity contribution in [2.45, 2.75) is 44.6 Å². The third-order valence-electron chi connectivity index (χ3n) is 2.90. The van der Waals surface area contributed by atoms with Gasteiger partial charge in [-0.1, -0.05) is 12.8 Å². The van der Waals surface area contributed by atoms with Crippen molar-refractivity contribution < 1.29 is 15.0 Å². The Hall–Kier alpha value is -0.770. The molecular formula is C10H19NO3. The highest BCUT2D eigenvalue weighted by atomic mass is 16.4. The quantitative estimate of drug-likeness (QED) is 0.591. The van der Waals surface area contributed by atoms with Crippen LogP contribution in [0.15, 0.2) is 0 Å². The SMILES string of the molecule is O=C(O)NCCCC(O)C1CCCC1. The van der Waals surface area contributed by atoms with Crippen molar-refractivity contribution in [2.24, 2.45) is 5.92 Å². The molecule has 3 N–H and O–H groups in total. The van der Waals surface area contributed by atoms with E-state index in [1.807, 2.05) is 0 Å². The average Bonchev–Trinajstić information content (AvgIpc) is 2.64. The highest BCUT2D eigenvalue weighted by Gasteiger charge is 2.22. The fourth-order valence-corrected chi connectivity index (χ4v) is 2.08. The van der Waals surface area contributed by atoms with Gasteiger partial charge in [0.2, 0.25) is 0 Å². The Bertz CT molecular complexity index is 178. The van der Waals surface area contributed by atoms with Crippen LogP contribution in [0.1, 0.15) is 38.5 Å². The van der Waals surface area contributed by atoms with Gasteiger partial charge in [-0.05, 0) is 31.6 Å². The largest absolute Gasteiger partial charge is 0.465 e. The topological polar surface area (TPSA) is 69.6 Å². The van der Waals surface area contributed by atoms with Crippen LogP contribution in [-0.2, 0) is 0 Å². The molecule has 1 saturated carbocycles. The van der Waals surface area contributed by atoms with E-state index >= 15 is 0 Å². The maximum atomic E-state index is 10.1. The molecule has 0 bridgehead atoms. The lowest BCUT2D eigenvalue weighted by Gasteiger charge is -2.17. The fourth-order valence-electron chi connectivity index (χ4n) is 2.08. The Morgan fingerprint density at radius 2 is 2.07 bits per heavy atom. The van der Waals surface area contributed by atoms with E-state index in [-0.39, 0.29) is 6.10 Å². The van der Waals surface area contributed by atoms with Crippen molar-refractivity contribution in [3.63, 3.8) is 0 Å². The summed E-state index contributed by atoms with van der Waals surface area (Å²) < 4.78 is 0. The molecular weight excluding hydrogens is 182 g/mol. The Morgan fingerprint density at radius 1 is 1.43 bits per heavy atom. The molecule has 0 heterocycles. The second-order valence-corrected chi connectivity index (χ2v) is 3.99.